The molecule has 2 aromatic rings. The maximum Gasteiger partial charge on any atom is 0.191 e. The number of hydrogen-bond acceptors (Lipinski definition) is 3. The molecule has 0 saturated carbocycles. The molecular formula is C16H16O3. The van der Waals surface area contributed by atoms with Crippen molar-refractivity contribution in [3.63, 3.8) is 0 Å². The third-order valence-electron chi connectivity index (χ3n) is 3.05. The number of phenols is 1. The Labute approximate surface area is 112 Å². The lowest BCUT2D eigenvalue weighted by Gasteiger charge is -2.06. The molecule has 0 amide bonds. The van der Waals surface area contributed by atoms with Crippen LogP contribution in [0, 0.1) is 0 Å². The first-order valence-corrected chi connectivity index (χ1v) is 6.20. The Balaban J connectivity index is 2.06. The van der Waals surface area contributed by atoms with Gasteiger partial charge in [-0.2, -0.15) is 0 Å². The third kappa shape index (κ3) is 3.42. The van der Waals surface area contributed by atoms with Crippen LogP contribution in [0.4, 0.5) is 0 Å². The van der Waals surface area contributed by atoms with E-state index in [0.717, 1.165) is 18.4 Å². The molecule has 0 bridgehead atoms. The number of aromatic hydroxyl groups is 1. The predicted octanol–water partition coefficient (Wildman–Crippen LogP) is 2.35. The Morgan fingerprint density at radius 2 is 1.63 bits per heavy atom. The molecule has 2 aromatic carbocycles. The minimum absolute atomic E-state index is 0.0652. The van der Waals surface area contributed by atoms with E-state index in [0.29, 0.717) is 0 Å². The van der Waals surface area contributed by atoms with E-state index in [2.05, 4.69) is 12.1 Å². The Morgan fingerprint density at radius 3 is 2.26 bits per heavy atom. The summed E-state index contributed by atoms with van der Waals surface area (Å²) in [6.07, 6.45) is 1.68. The maximum absolute atomic E-state index is 11.3. The van der Waals surface area contributed by atoms with Crippen LogP contribution in [0.2, 0.25) is 0 Å². The average Bonchev–Trinajstić information content (AvgIpc) is 2.45. The van der Waals surface area contributed by atoms with E-state index < -0.39 is 12.4 Å². The first kappa shape index (κ1) is 13.3. The fraction of sp³-hybridized carbons (Fsp3) is 0.188. The molecule has 0 atom stereocenters. The molecule has 0 saturated heterocycles. The number of hydrogen-bond donors (Lipinski definition) is 2. The summed E-state index contributed by atoms with van der Waals surface area (Å²) >= 11 is 0. The zero-order chi connectivity index (χ0) is 13.7. The van der Waals surface area contributed by atoms with Gasteiger partial charge in [-0.05, 0) is 36.1 Å². The Kier molecular flexibility index (Phi) is 4.31. The zero-order valence-corrected chi connectivity index (χ0v) is 10.5. The number of aryl methyl sites for hydroxylation is 2. The highest BCUT2D eigenvalue weighted by molar-refractivity contribution is 5.99. The number of rotatable bonds is 5. The molecule has 3 heteroatoms. The van der Waals surface area contributed by atoms with Gasteiger partial charge in [-0.25, -0.2) is 0 Å². The smallest absolute Gasteiger partial charge is 0.191 e. The summed E-state index contributed by atoms with van der Waals surface area (Å²) in [6, 6.07) is 15.1. The van der Waals surface area contributed by atoms with Crippen LogP contribution in [0.1, 0.15) is 21.5 Å². The first-order chi connectivity index (χ1) is 9.20. The molecule has 0 aliphatic carbocycles. The summed E-state index contributed by atoms with van der Waals surface area (Å²) in [4.78, 5) is 11.3. The SMILES string of the molecule is O=C(CO)c1ccc(CCc2ccccc2)cc1O. The van der Waals surface area contributed by atoms with Crippen molar-refractivity contribution in [2.24, 2.45) is 0 Å². The molecule has 2 N–H and O–H groups in total. The minimum atomic E-state index is -0.586. The van der Waals surface area contributed by atoms with E-state index in [1.807, 2.05) is 24.3 Å². The first-order valence-electron chi connectivity index (χ1n) is 6.20. The number of phenolic OH excluding ortho intramolecular Hbond substituents is 1. The molecule has 0 fully saturated rings. The van der Waals surface area contributed by atoms with Crippen molar-refractivity contribution in [2.75, 3.05) is 6.61 Å². The van der Waals surface area contributed by atoms with Gasteiger partial charge in [-0.1, -0.05) is 36.4 Å². The summed E-state index contributed by atoms with van der Waals surface area (Å²) < 4.78 is 0. The summed E-state index contributed by atoms with van der Waals surface area (Å²) in [5, 5.41) is 18.5. The van der Waals surface area contributed by atoms with Crippen LogP contribution in [-0.2, 0) is 12.8 Å². The standard InChI is InChI=1S/C16H16O3/c17-11-16(19)14-9-8-13(10-15(14)18)7-6-12-4-2-1-3-5-12/h1-5,8-10,17-18H,6-7,11H2. The van der Waals surface area contributed by atoms with Crippen molar-refractivity contribution in [3.05, 3.63) is 65.2 Å². The van der Waals surface area contributed by atoms with Gasteiger partial charge in [0, 0.05) is 0 Å². The number of carbonyl (C=O) groups is 1. The average molecular weight is 256 g/mol. The number of carbonyl (C=O) groups excluding carboxylic acids is 1. The Hall–Kier alpha value is -2.13. The lowest BCUT2D eigenvalue weighted by atomic mass is 10.0. The normalized spacial score (nSPS) is 10.4. The van der Waals surface area contributed by atoms with Crippen molar-refractivity contribution in [1.82, 2.24) is 0 Å². The second-order valence-corrected chi connectivity index (χ2v) is 4.42. The van der Waals surface area contributed by atoms with Crippen LogP contribution in [0.3, 0.4) is 0 Å². The van der Waals surface area contributed by atoms with Crippen LogP contribution in [0.15, 0.2) is 48.5 Å². The number of aliphatic hydroxyl groups excluding tert-OH is 1. The van der Waals surface area contributed by atoms with E-state index in [4.69, 9.17) is 5.11 Å². The van der Waals surface area contributed by atoms with Crippen LogP contribution in [-0.4, -0.2) is 22.6 Å². The van der Waals surface area contributed by atoms with Crippen LogP contribution < -0.4 is 0 Å². The highest BCUT2D eigenvalue weighted by Crippen LogP contribution is 2.20. The van der Waals surface area contributed by atoms with Gasteiger partial charge in [0.05, 0.1) is 5.56 Å². The Morgan fingerprint density at radius 1 is 0.947 bits per heavy atom. The van der Waals surface area contributed by atoms with Gasteiger partial charge in [0.15, 0.2) is 5.78 Å². The van der Waals surface area contributed by atoms with E-state index in [9.17, 15) is 9.90 Å². The van der Waals surface area contributed by atoms with Crippen LogP contribution in [0.5, 0.6) is 5.75 Å². The van der Waals surface area contributed by atoms with E-state index in [1.54, 1.807) is 12.1 Å². The van der Waals surface area contributed by atoms with Crippen molar-refractivity contribution in [2.45, 2.75) is 12.8 Å². The molecule has 2 rings (SSSR count). The van der Waals surface area contributed by atoms with Gasteiger partial charge in [0.25, 0.3) is 0 Å². The molecular weight excluding hydrogens is 240 g/mol. The summed E-state index contributed by atoms with van der Waals surface area (Å²) in [5.41, 5.74) is 2.37. The molecule has 0 heterocycles. The van der Waals surface area contributed by atoms with Crippen molar-refractivity contribution >= 4 is 5.78 Å². The van der Waals surface area contributed by atoms with E-state index in [-0.39, 0.29) is 11.3 Å². The molecule has 0 unspecified atom stereocenters. The number of benzene rings is 2. The molecule has 0 aliphatic rings. The fourth-order valence-electron chi connectivity index (χ4n) is 1.99. The fourth-order valence-corrected chi connectivity index (χ4v) is 1.99. The number of aliphatic hydroxyl groups is 1. The lowest BCUT2D eigenvalue weighted by molar-refractivity contribution is 0.0901. The molecule has 19 heavy (non-hydrogen) atoms. The maximum atomic E-state index is 11.3. The third-order valence-corrected chi connectivity index (χ3v) is 3.05. The van der Waals surface area contributed by atoms with Crippen molar-refractivity contribution < 1.29 is 15.0 Å². The molecule has 0 radical (unpaired) electrons. The molecule has 98 valence electrons. The van der Waals surface area contributed by atoms with Gasteiger partial charge >= 0.3 is 0 Å². The summed E-state index contributed by atoms with van der Waals surface area (Å²) in [6.45, 7) is -0.586. The van der Waals surface area contributed by atoms with Gasteiger partial charge in [0.2, 0.25) is 0 Å². The highest BCUT2D eigenvalue weighted by Gasteiger charge is 2.10. The summed E-state index contributed by atoms with van der Waals surface area (Å²) in [5.74, 6) is -0.531. The minimum Gasteiger partial charge on any atom is -0.507 e. The zero-order valence-electron chi connectivity index (χ0n) is 10.5. The van der Waals surface area contributed by atoms with Gasteiger partial charge in [0.1, 0.15) is 12.4 Å². The van der Waals surface area contributed by atoms with Gasteiger partial charge in [-0.3, -0.25) is 4.79 Å². The predicted molar refractivity (Wildman–Crippen MR) is 73.4 cm³/mol. The quantitative estimate of drug-likeness (QED) is 0.807. The molecule has 3 nitrogen and oxygen atoms in total. The molecule has 0 aromatic heterocycles. The van der Waals surface area contributed by atoms with Crippen molar-refractivity contribution in [1.29, 1.82) is 0 Å². The molecule has 0 aliphatic heterocycles. The van der Waals surface area contributed by atoms with Crippen LogP contribution in [0.25, 0.3) is 0 Å². The van der Waals surface area contributed by atoms with Crippen molar-refractivity contribution in [3.8, 4) is 5.75 Å². The second-order valence-electron chi connectivity index (χ2n) is 4.42. The number of Topliss-reactive ketones (excluding diaryl/α,β-unsaturated/α-hetero) is 1. The monoisotopic (exact) mass is 256 g/mol. The van der Waals surface area contributed by atoms with E-state index >= 15 is 0 Å². The van der Waals surface area contributed by atoms with E-state index in [1.165, 1.54) is 5.56 Å². The van der Waals surface area contributed by atoms with Gasteiger partial charge < -0.3 is 10.2 Å². The summed E-state index contributed by atoms with van der Waals surface area (Å²) in [7, 11) is 0. The lowest BCUT2D eigenvalue weighted by Crippen LogP contribution is -2.05. The second kappa shape index (κ2) is 6.16. The highest BCUT2D eigenvalue weighted by atomic mass is 16.3. The largest absolute Gasteiger partial charge is 0.507 e. The Bertz CT molecular complexity index is 561. The number of ketones is 1. The molecule has 0 spiro atoms. The van der Waals surface area contributed by atoms with Crippen LogP contribution >= 0.6 is 0 Å². The van der Waals surface area contributed by atoms with Gasteiger partial charge in [-0.15, -0.1) is 0 Å². The topological polar surface area (TPSA) is 57.5 Å².